The van der Waals surface area contributed by atoms with Crippen LogP contribution in [0.4, 0.5) is 11.9 Å². The Labute approximate surface area is 99.8 Å². The molecule has 96 valence electrons. The number of hydrogen-bond acceptors (Lipinski definition) is 8. The highest BCUT2D eigenvalue weighted by Crippen LogP contribution is 2.14. The number of nitrogens with zero attached hydrogens (tertiary/aromatic N) is 4. The van der Waals surface area contributed by atoms with Crippen molar-refractivity contribution in [2.75, 3.05) is 36.6 Å². The minimum atomic E-state index is 0.0227. The first-order valence-electron chi connectivity index (χ1n) is 5.46. The highest BCUT2D eigenvalue weighted by atomic mass is 16.5. The number of aliphatic hydroxyl groups is 1. The predicted molar refractivity (Wildman–Crippen MR) is 63.8 cm³/mol. The summed E-state index contributed by atoms with van der Waals surface area (Å²) in [5.41, 5.74) is 2.36. The zero-order chi connectivity index (χ0) is 12.7. The van der Waals surface area contributed by atoms with Crippen LogP contribution in [-0.4, -0.2) is 46.4 Å². The van der Waals surface area contributed by atoms with Crippen molar-refractivity contribution < 1.29 is 9.84 Å². The van der Waals surface area contributed by atoms with Crippen LogP contribution < -0.4 is 20.9 Å². The van der Waals surface area contributed by atoms with Gasteiger partial charge in [0.15, 0.2) is 0 Å². The molecule has 0 spiro atoms. The number of hydrazine groups is 1. The van der Waals surface area contributed by atoms with Gasteiger partial charge in [-0.3, -0.25) is 5.43 Å². The molecule has 1 rings (SSSR count). The highest BCUT2D eigenvalue weighted by molar-refractivity contribution is 5.37. The Morgan fingerprint density at radius 3 is 2.65 bits per heavy atom. The van der Waals surface area contributed by atoms with E-state index in [0.29, 0.717) is 25.6 Å². The topological polar surface area (TPSA) is 109 Å². The van der Waals surface area contributed by atoms with Gasteiger partial charge in [0.1, 0.15) is 0 Å². The van der Waals surface area contributed by atoms with E-state index in [9.17, 15) is 0 Å². The van der Waals surface area contributed by atoms with E-state index in [1.165, 1.54) is 0 Å². The second kappa shape index (κ2) is 6.81. The SMILES string of the molecule is CCOc1nc(NN)nc(N(CC)CCO)n1. The third-order valence-electron chi connectivity index (χ3n) is 2.04. The average Bonchev–Trinajstić information content (AvgIpc) is 2.35. The van der Waals surface area contributed by atoms with Crippen molar-refractivity contribution >= 4 is 11.9 Å². The van der Waals surface area contributed by atoms with Crippen molar-refractivity contribution in [1.29, 1.82) is 0 Å². The molecule has 1 heterocycles. The summed E-state index contributed by atoms with van der Waals surface area (Å²) >= 11 is 0. The fourth-order valence-electron chi connectivity index (χ4n) is 1.27. The highest BCUT2D eigenvalue weighted by Gasteiger charge is 2.12. The molecule has 0 aromatic carbocycles. The van der Waals surface area contributed by atoms with Crippen molar-refractivity contribution in [3.05, 3.63) is 0 Å². The van der Waals surface area contributed by atoms with Crippen LogP contribution in [0, 0.1) is 0 Å². The quantitative estimate of drug-likeness (QED) is 0.428. The number of likely N-dealkylation sites (N-methyl/N-ethyl adjacent to an activating group) is 1. The molecule has 0 saturated heterocycles. The molecule has 4 N–H and O–H groups in total. The minimum Gasteiger partial charge on any atom is -0.464 e. The van der Waals surface area contributed by atoms with Crippen LogP contribution in [0.5, 0.6) is 6.01 Å². The van der Waals surface area contributed by atoms with Crippen LogP contribution in [0.15, 0.2) is 0 Å². The third-order valence-corrected chi connectivity index (χ3v) is 2.04. The number of hydrogen-bond donors (Lipinski definition) is 3. The summed E-state index contributed by atoms with van der Waals surface area (Å²) in [7, 11) is 0. The molecule has 0 saturated carbocycles. The monoisotopic (exact) mass is 242 g/mol. The van der Waals surface area contributed by atoms with Gasteiger partial charge in [0, 0.05) is 13.1 Å². The van der Waals surface area contributed by atoms with Gasteiger partial charge >= 0.3 is 6.01 Å². The normalized spacial score (nSPS) is 10.1. The fraction of sp³-hybridized carbons (Fsp3) is 0.667. The number of ether oxygens (including phenoxy) is 1. The predicted octanol–water partition coefficient (Wildman–Crippen LogP) is -0.625. The number of aliphatic hydroxyl groups excluding tert-OH is 1. The van der Waals surface area contributed by atoms with Gasteiger partial charge in [-0.25, -0.2) is 5.84 Å². The molecule has 1 aromatic heterocycles. The van der Waals surface area contributed by atoms with Crippen molar-refractivity contribution in [3.8, 4) is 6.01 Å². The van der Waals surface area contributed by atoms with E-state index in [4.69, 9.17) is 15.7 Å². The summed E-state index contributed by atoms with van der Waals surface area (Å²) in [6.07, 6.45) is 0. The van der Waals surface area contributed by atoms with Gasteiger partial charge in [-0.1, -0.05) is 0 Å². The smallest absolute Gasteiger partial charge is 0.323 e. The maximum atomic E-state index is 8.94. The van der Waals surface area contributed by atoms with Crippen LogP contribution >= 0.6 is 0 Å². The lowest BCUT2D eigenvalue weighted by Gasteiger charge is -2.19. The van der Waals surface area contributed by atoms with Crippen LogP contribution in [-0.2, 0) is 0 Å². The van der Waals surface area contributed by atoms with Crippen LogP contribution in [0.2, 0.25) is 0 Å². The summed E-state index contributed by atoms with van der Waals surface area (Å²) in [5.74, 6) is 5.93. The zero-order valence-electron chi connectivity index (χ0n) is 10.1. The van der Waals surface area contributed by atoms with Gasteiger partial charge in [-0.05, 0) is 13.8 Å². The molecule has 0 aliphatic carbocycles. The lowest BCUT2D eigenvalue weighted by molar-refractivity contribution is 0.299. The molecular formula is C9H18N6O2. The average molecular weight is 242 g/mol. The number of nitrogens with one attached hydrogen (secondary N) is 1. The van der Waals surface area contributed by atoms with E-state index in [-0.39, 0.29) is 18.6 Å². The van der Waals surface area contributed by atoms with Crippen LogP contribution in [0.1, 0.15) is 13.8 Å². The Morgan fingerprint density at radius 1 is 1.35 bits per heavy atom. The van der Waals surface area contributed by atoms with Crippen LogP contribution in [0.3, 0.4) is 0 Å². The number of rotatable bonds is 7. The minimum absolute atomic E-state index is 0.0227. The van der Waals surface area contributed by atoms with Gasteiger partial charge in [-0.15, -0.1) is 0 Å². The summed E-state index contributed by atoms with van der Waals surface area (Å²) in [6, 6.07) is 0.210. The van der Waals surface area contributed by atoms with Gasteiger partial charge in [0.2, 0.25) is 11.9 Å². The number of anilines is 2. The second-order valence-corrected chi connectivity index (χ2v) is 3.12. The van der Waals surface area contributed by atoms with E-state index in [0.717, 1.165) is 0 Å². The molecule has 0 fully saturated rings. The number of nitrogens with two attached hydrogens (primary N) is 1. The first-order chi connectivity index (χ1) is 8.24. The lowest BCUT2D eigenvalue weighted by atomic mass is 10.5. The van der Waals surface area contributed by atoms with Crippen molar-refractivity contribution in [1.82, 2.24) is 15.0 Å². The first-order valence-corrected chi connectivity index (χ1v) is 5.46. The Balaban J connectivity index is 2.99. The first kappa shape index (κ1) is 13.4. The maximum absolute atomic E-state index is 8.94. The lowest BCUT2D eigenvalue weighted by Crippen LogP contribution is -2.29. The largest absolute Gasteiger partial charge is 0.464 e. The summed E-state index contributed by atoms with van der Waals surface area (Å²) in [5, 5.41) is 8.94. The third kappa shape index (κ3) is 3.68. The second-order valence-electron chi connectivity index (χ2n) is 3.12. The van der Waals surface area contributed by atoms with Crippen molar-refractivity contribution in [2.45, 2.75) is 13.8 Å². The molecule has 0 radical (unpaired) electrons. The molecule has 0 amide bonds. The molecule has 0 atom stereocenters. The zero-order valence-corrected chi connectivity index (χ0v) is 10.1. The molecule has 0 bridgehead atoms. The van der Waals surface area contributed by atoms with Crippen LogP contribution in [0.25, 0.3) is 0 Å². The van der Waals surface area contributed by atoms with Crippen molar-refractivity contribution in [2.24, 2.45) is 5.84 Å². The van der Waals surface area contributed by atoms with E-state index in [1.807, 2.05) is 13.8 Å². The Morgan fingerprint density at radius 2 is 2.12 bits per heavy atom. The standard InChI is InChI=1S/C9H18N6O2/c1-3-15(5-6-16)8-11-7(14-10)12-9(13-8)17-4-2/h16H,3-6,10H2,1-2H3,(H,11,12,13,14). The van der Waals surface area contributed by atoms with Gasteiger partial charge in [-0.2, -0.15) is 15.0 Å². The molecule has 0 aliphatic rings. The number of aromatic nitrogens is 3. The molecular weight excluding hydrogens is 224 g/mol. The van der Waals surface area contributed by atoms with E-state index in [2.05, 4.69) is 20.4 Å². The Hall–Kier alpha value is -1.67. The fourth-order valence-corrected chi connectivity index (χ4v) is 1.27. The van der Waals surface area contributed by atoms with Crippen molar-refractivity contribution in [3.63, 3.8) is 0 Å². The molecule has 1 aromatic rings. The van der Waals surface area contributed by atoms with E-state index in [1.54, 1.807) is 4.90 Å². The summed E-state index contributed by atoms with van der Waals surface area (Å²) in [4.78, 5) is 14.0. The summed E-state index contributed by atoms with van der Waals surface area (Å²) < 4.78 is 5.21. The van der Waals surface area contributed by atoms with Gasteiger partial charge in [0.05, 0.1) is 13.2 Å². The Kier molecular flexibility index (Phi) is 5.37. The van der Waals surface area contributed by atoms with E-state index < -0.39 is 0 Å². The molecule has 17 heavy (non-hydrogen) atoms. The van der Waals surface area contributed by atoms with Gasteiger partial charge < -0.3 is 14.7 Å². The maximum Gasteiger partial charge on any atom is 0.323 e. The molecule has 8 heteroatoms. The number of nitrogen functional groups attached to an aromatic ring is 1. The van der Waals surface area contributed by atoms with E-state index >= 15 is 0 Å². The summed E-state index contributed by atoms with van der Waals surface area (Å²) in [6.45, 7) is 5.37. The van der Waals surface area contributed by atoms with Gasteiger partial charge in [0.25, 0.3) is 0 Å². The molecule has 8 nitrogen and oxygen atoms in total. The Bertz CT molecular complexity index is 348. The molecule has 0 unspecified atom stereocenters. The molecule has 0 aliphatic heterocycles.